The van der Waals surface area contributed by atoms with E-state index in [9.17, 15) is 23.1 Å². The van der Waals surface area contributed by atoms with Crippen LogP contribution in [-0.2, 0) is 21.2 Å². The van der Waals surface area contributed by atoms with Crippen LogP contribution in [0.5, 0.6) is 0 Å². The van der Waals surface area contributed by atoms with Gasteiger partial charge in [0.15, 0.2) is 0 Å². The maximum absolute atomic E-state index is 13.5. The molecule has 1 aliphatic carbocycles. The number of likely N-dealkylation sites (tertiary alicyclic amines) is 1. The Morgan fingerprint density at radius 1 is 1.00 bits per heavy atom. The lowest BCUT2D eigenvalue weighted by Gasteiger charge is -2.33. The summed E-state index contributed by atoms with van der Waals surface area (Å²) < 4.78 is 23.3. The minimum Gasteiger partial charge on any atom is -0.480 e. The Morgan fingerprint density at radius 2 is 1.71 bits per heavy atom. The van der Waals surface area contributed by atoms with Crippen molar-refractivity contribution in [3.8, 4) is 11.1 Å². The molecule has 2 fully saturated rings. The largest absolute Gasteiger partial charge is 0.480 e. The second-order valence-electron chi connectivity index (χ2n) is 12.2. The lowest BCUT2D eigenvalue weighted by molar-refractivity contribution is -0.139. The molecule has 1 aliphatic heterocycles. The zero-order valence-corrected chi connectivity index (χ0v) is 25.6. The third-order valence-corrected chi connectivity index (χ3v) is 10.1. The van der Waals surface area contributed by atoms with Crippen molar-refractivity contribution < 1.29 is 23.1 Å². The van der Waals surface area contributed by atoms with Crippen molar-refractivity contribution in [1.29, 1.82) is 0 Å². The number of aryl methyl sites for hydroxylation is 1. The van der Waals surface area contributed by atoms with Gasteiger partial charge in [0, 0.05) is 30.4 Å². The first-order valence-corrected chi connectivity index (χ1v) is 17.3. The van der Waals surface area contributed by atoms with Gasteiger partial charge in [0.25, 0.3) is 5.91 Å². The van der Waals surface area contributed by atoms with Gasteiger partial charge < -0.3 is 10.4 Å². The van der Waals surface area contributed by atoms with Crippen LogP contribution >= 0.6 is 0 Å². The number of sulfone groups is 1. The summed E-state index contributed by atoms with van der Waals surface area (Å²) in [5.74, 6) is -1.26. The highest BCUT2D eigenvalue weighted by Crippen LogP contribution is 2.37. The Kier molecular flexibility index (Phi) is 10.6. The van der Waals surface area contributed by atoms with E-state index in [0.717, 1.165) is 47.4 Å². The summed E-state index contributed by atoms with van der Waals surface area (Å²) in [7, 11) is -3.37. The number of aliphatic carboxylic acids is 1. The Hall–Kier alpha value is -2.71. The van der Waals surface area contributed by atoms with Crippen LogP contribution in [0.3, 0.4) is 0 Å². The summed E-state index contributed by atoms with van der Waals surface area (Å²) in [5.41, 5.74) is 4.24. The maximum atomic E-state index is 13.5. The number of carboxylic acid groups (broad SMARTS) is 1. The first-order valence-electron chi connectivity index (χ1n) is 15.2. The molecule has 0 spiro atoms. The van der Waals surface area contributed by atoms with E-state index in [4.69, 9.17) is 0 Å². The fourth-order valence-corrected chi connectivity index (χ4v) is 7.46. The number of nitrogens with zero attached hydrogens (tertiary/aromatic N) is 1. The summed E-state index contributed by atoms with van der Waals surface area (Å²) in [6, 6.07) is 13.6. The molecule has 0 aromatic heterocycles. The van der Waals surface area contributed by atoms with Crippen LogP contribution in [0.15, 0.2) is 42.5 Å². The monoisotopic (exact) mass is 582 g/mol. The Morgan fingerprint density at radius 3 is 2.37 bits per heavy atom. The third-order valence-electron chi connectivity index (χ3n) is 9.08. The molecule has 2 N–H and O–H groups in total. The van der Waals surface area contributed by atoms with Crippen molar-refractivity contribution in [2.45, 2.75) is 103 Å². The van der Waals surface area contributed by atoms with Crippen LogP contribution in [-0.4, -0.2) is 60.4 Å². The molecule has 2 aromatic carbocycles. The van der Waals surface area contributed by atoms with E-state index in [0.29, 0.717) is 17.6 Å². The molecule has 0 bridgehead atoms. The van der Waals surface area contributed by atoms with Crippen molar-refractivity contribution in [2.24, 2.45) is 5.92 Å². The predicted molar refractivity (Wildman–Crippen MR) is 164 cm³/mol. The smallest absolute Gasteiger partial charge is 0.326 e. The van der Waals surface area contributed by atoms with E-state index in [-0.39, 0.29) is 12.2 Å². The predicted octanol–water partition coefficient (Wildman–Crippen LogP) is 5.99. The topological polar surface area (TPSA) is 104 Å². The second kappa shape index (κ2) is 14.0. The summed E-state index contributed by atoms with van der Waals surface area (Å²) in [6.07, 6.45) is 12.5. The molecule has 0 radical (unpaired) electrons. The van der Waals surface area contributed by atoms with Crippen LogP contribution in [0.4, 0.5) is 0 Å². The molecule has 224 valence electrons. The van der Waals surface area contributed by atoms with Gasteiger partial charge in [-0.1, -0.05) is 69.4 Å². The van der Waals surface area contributed by atoms with E-state index in [1.807, 2.05) is 37.3 Å². The van der Waals surface area contributed by atoms with Gasteiger partial charge in [-0.3, -0.25) is 9.69 Å². The Balaban J connectivity index is 1.61. The molecule has 3 atom stereocenters. The van der Waals surface area contributed by atoms with Gasteiger partial charge in [0.2, 0.25) is 0 Å². The number of amides is 1. The van der Waals surface area contributed by atoms with Crippen LogP contribution in [0.25, 0.3) is 11.1 Å². The van der Waals surface area contributed by atoms with Gasteiger partial charge in [-0.25, -0.2) is 13.2 Å². The average Bonchev–Trinajstić information content (AvgIpc) is 3.31. The quantitative estimate of drug-likeness (QED) is 0.319. The number of hydrogen-bond acceptors (Lipinski definition) is 5. The van der Waals surface area contributed by atoms with Crippen molar-refractivity contribution in [1.82, 2.24) is 10.2 Å². The lowest BCUT2D eigenvalue weighted by atomic mass is 9.84. The van der Waals surface area contributed by atoms with Crippen LogP contribution in [0.2, 0.25) is 0 Å². The van der Waals surface area contributed by atoms with Gasteiger partial charge in [0.1, 0.15) is 15.9 Å². The highest BCUT2D eigenvalue weighted by Gasteiger charge is 2.34. The van der Waals surface area contributed by atoms with Gasteiger partial charge >= 0.3 is 5.97 Å². The summed E-state index contributed by atoms with van der Waals surface area (Å²) in [4.78, 5) is 28.0. The van der Waals surface area contributed by atoms with Gasteiger partial charge in [-0.15, -0.1) is 0 Å². The Bertz CT molecular complexity index is 1320. The number of hydrogen-bond donors (Lipinski definition) is 2. The lowest BCUT2D eigenvalue weighted by Crippen LogP contribution is -2.42. The average molecular weight is 583 g/mol. The van der Waals surface area contributed by atoms with Gasteiger partial charge in [-0.05, 0) is 79.3 Å². The molecule has 2 aromatic rings. The van der Waals surface area contributed by atoms with Crippen molar-refractivity contribution in [2.75, 3.05) is 12.0 Å². The van der Waals surface area contributed by atoms with E-state index >= 15 is 0 Å². The molecule has 41 heavy (non-hydrogen) atoms. The molecular weight excluding hydrogens is 536 g/mol. The van der Waals surface area contributed by atoms with Gasteiger partial charge in [-0.2, -0.15) is 0 Å². The summed E-state index contributed by atoms with van der Waals surface area (Å²) in [6.45, 7) is 5.10. The molecule has 1 saturated carbocycles. The van der Waals surface area contributed by atoms with Crippen molar-refractivity contribution in [3.63, 3.8) is 0 Å². The highest BCUT2D eigenvalue weighted by molar-refractivity contribution is 7.90. The number of benzene rings is 2. The third kappa shape index (κ3) is 8.41. The van der Waals surface area contributed by atoms with Crippen molar-refractivity contribution >= 4 is 21.7 Å². The zero-order valence-electron chi connectivity index (χ0n) is 24.8. The van der Waals surface area contributed by atoms with E-state index in [1.54, 1.807) is 6.07 Å². The fraction of sp³-hybridized carbons (Fsp3) is 0.576. The number of carbonyl (C=O) groups excluding carboxylic acids is 1. The molecule has 1 heterocycles. The van der Waals surface area contributed by atoms with E-state index < -0.39 is 27.8 Å². The molecule has 2 aliphatic rings. The first kappa shape index (κ1) is 31.2. The number of carboxylic acids is 1. The summed E-state index contributed by atoms with van der Waals surface area (Å²) >= 11 is 0. The van der Waals surface area contributed by atoms with Crippen molar-refractivity contribution in [3.05, 3.63) is 59.2 Å². The minimum absolute atomic E-state index is 0.187. The maximum Gasteiger partial charge on any atom is 0.326 e. The SMILES string of the molecule is CC[C@H]1CCC(CC2CCCCC2)N1Cc1ccc(C(=O)NC(CCS(C)(=O)=O)C(=O)O)c(-c2ccccc2C)c1. The fourth-order valence-electron chi connectivity index (χ4n) is 6.79. The van der Waals surface area contributed by atoms with Crippen LogP contribution in [0.1, 0.15) is 92.6 Å². The standard InChI is InChI=1S/C33H46N2O5S/c1-4-26-15-16-27(20-24-11-6-5-7-12-24)35(26)22-25-14-17-29(30(21-25)28-13-9-8-10-23(28)2)32(36)34-31(33(37)38)18-19-41(3,39)40/h8-10,13-14,17,21,24,26-27,31H,4-7,11-12,15-16,18-20,22H2,1-3H3,(H,34,36)(H,37,38)/t26-,27?,31?/m0/s1. The molecule has 4 rings (SSSR count). The zero-order chi connectivity index (χ0) is 29.6. The molecule has 8 heteroatoms. The molecule has 7 nitrogen and oxygen atoms in total. The van der Waals surface area contributed by atoms with Crippen LogP contribution < -0.4 is 5.32 Å². The minimum atomic E-state index is -3.37. The number of rotatable bonds is 12. The molecule has 1 saturated heterocycles. The second-order valence-corrected chi connectivity index (χ2v) is 14.4. The normalized spacial score (nSPS) is 21.0. The first-order chi connectivity index (χ1) is 19.6. The van der Waals surface area contributed by atoms with E-state index in [2.05, 4.69) is 23.2 Å². The number of carbonyl (C=O) groups is 2. The molecule has 1 amide bonds. The number of nitrogens with one attached hydrogen (secondary N) is 1. The Labute approximate surface area is 245 Å². The highest BCUT2D eigenvalue weighted by atomic mass is 32.2. The summed E-state index contributed by atoms with van der Waals surface area (Å²) in [5, 5.41) is 12.3. The van der Waals surface area contributed by atoms with E-state index in [1.165, 1.54) is 51.4 Å². The molecule has 2 unspecified atom stereocenters. The van der Waals surface area contributed by atoms with Crippen LogP contribution in [0, 0.1) is 12.8 Å². The van der Waals surface area contributed by atoms with Gasteiger partial charge in [0.05, 0.1) is 5.75 Å². The molecular formula is C33H46N2O5S.